The molecule has 5 heterocycles. The molecule has 260 valence electrons. The SMILES string of the molecule is Cc1cc(C(=C(c2cccc(N3CN(c4ccccc4)c4ccccc43)c2)c2ccc3c4ccccc4n(-c4ccccn4)c3c2)c2coc(C)c2)co1. The van der Waals surface area contributed by atoms with Gasteiger partial charge in [-0.15, -0.1) is 0 Å². The Bertz CT molecular complexity index is 2800. The Morgan fingerprint density at radius 3 is 1.81 bits per heavy atom. The minimum atomic E-state index is 0.691. The summed E-state index contributed by atoms with van der Waals surface area (Å²) < 4.78 is 14.2. The second-order valence-corrected chi connectivity index (χ2v) is 13.8. The van der Waals surface area contributed by atoms with Crippen molar-refractivity contribution in [3.05, 3.63) is 204 Å². The van der Waals surface area contributed by atoms with Gasteiger partial charge in [-0.3, -0.25) is 4.57 Å². The van der Waals surface area contributed by atoms with E-state index in [1.807, 2.05) is 44.7 Å². The van der Waals surface area contributed by atoms with Crippen LogP contribution in [0.3, 0.4) is 0 Å². The molecule has 0 saturated carbocycles. The summed E-state index contributed by atoms with van der Waals surface area (Å²) >= 11 is 0. The predicted molar refractivity (Wildman–Crippen MR) is 219 cm³/mol. The zero-order valence-electron chi connectivity index (χ0n) is 30.0. The minimum Gasteiger partial charge on any atom is -0.469 e. The van der Waals surface area contributed by atoms with E-state index in [9.17, 15) is 0 Å². The normalized spacial score (nSPS) is 12.5. The zero-order chi connectivity index (χ0) is 36.2. The summed E-state index contributed by atoms with van der Waals surface area (Å²) in [6.07, 6.45) is 5.57. The molecule has 0 atom stereocenters. The third-order valence-electron chi connectivity index (χ3n) is 10.4. The van der Waals surface area contributed by atoms with Crippen molar-refractivity contribution < 1.29 is 8.83 Å². The monoisotopic (exact) mass is 700 g/mol. The maximum Gasteiger partial charge on any atom is 0.137 e. The molecule has 0 N–H and O–H groups in total. The molecule has 4 aromatic heterocycles. The van der Waals surface area contributed by atoms with Crippen LogP contribution in [0.1, 0.15) is 33.8 Å². The number of benzene rings is 5. The summed E-state index contributed by atoms with van der Waals surface area (Å²) in [5, 5.41) is 2.35. The van der Waals surface area contributed by atoms with Crippen LogP contribution in [0.25, 0.3) is 38.8 Å². The van der Waals surface area contributed by atoms with Crippen molar-refractivity contribution >= 4 is 55.7 Å². The van der Waals surface area contributed by atoms with E-state index < -0.39 is 0 Å². The molecule has 0 amide bonds. The standard InChI is InChI=1S/C48H36N4O2/c1-32-25-36(29-53-32)48(37-26-33(2)54-30-37)47(35-22-23-41-40-17-6-7-18-42(40)52(45(41)28-35)46-21-10-11-24-49-46)34-13-12-16-39(27-34)51-31-50(38-14-4-3-5-15-38)43-19-8-9-20-44(43)51/h3-30H,31H2,1-2H3. The molecule has 54 heavy (non-hydrogen) atoms. The Balaban J connectivity index is 1.22. The Hall–Kier alpha value is -7.05. The van der Waals surface area contributed by atoms with E-state index in [2.05, 4.69) is 154 Å². The van der Waals surface area contributed by atoms with Gasteiger partial charge in [0.05, 0.1) is 34.9 Å². The molecule has 0 bridgehead atoms. The molecular weight excluding hydrogens is 665 g/mol. The molecule has 1 aliphatic heterocycles. The van der Waals surface area contributed by atoms with E-state index in [0.29, 0.717) is 6.67 Å². The first kappa shape index (κ1) is 31.7. The fourth-order valence-corrected chi connectivity index (χ4v) is 8.01. The molecule has 10 rings (SSSR count). The number of hydrogen-bond acceptors (Lipinski definition) is 5. The van der Waals surface area contributed by atoms with Crippen LogP contribution in [0.15, 0.2) is 179 Å². The van der Waals surface area contributed by atoms with Crippen molar-refractivity contribution in [2.45, 2.75) is 13.8 Å². The summed E-state index contributed by atoms with van der Waals surface area (Å²) in [5.74, 6) is 2.56. The highest BCUT2D eigenvalue weighted by Crippen LogP contribution is 2.46. The highest BCUT2D eigenvalue weighted by atomic mass is 16.3. The second kappa shape index (κ2) is 12.9. The van der Waals surface area contributed by atoms with Crippen LogP contribution >= 0.6 is 0 Å². The lowest BCUT2D eigenvalue weighted by atomic mass is 9.86. The number of rotatable bonds is 7. The van der Waals surface area contributed by atoms with Crippen molar-refractivity contribution in [2.75, 3.05) is 16.5 Å². The number of anilines is 4. The maximum absolute atomic E-state index is 5.99. The molecule has 0 fully saturated rings. The van der Waals surface area contributed by atoms with Gasteiger partial charge in [-0.25, -0.2) is 4.98 Å². The van der Waals surface area contributed by atoms with Crippen LogP contribution in [0.5, 0.6) is 0 Å². The van der Waals surface area contributed by atoms with Gasteiger partial charge in [0.2, 0.25) is 0 Å². The van der Waals surface area contributed by atoms with Crippen molar-refractivity contribution in [3.8, 4) is 5.82 Å². The summed E-state index contributed by atoms with van der Waals surface area (Å²) in [6, 6.07) is 53.8. The van der Waals surface area contributed by atoms with E-state index in [1.54, 1.807) is 0 Å². The van der Waals surface area contributed by atoms with Crippen LogP contribution < -0.4 is 9.80 Å². The third-order valence-corrected chi connectivity index (χ3v) is 10.4. The minimum absolute atomic E-state index is 0.691. The number of furan rings is 2. The summed E-state index contributed by atoms with van der Waals surface area (Å²) in [7, 11) is 0. The summed E-state index contributed by atoms with van der Waals surface area (Å²) in [5.41, 5.74) is 13.0. The van der Waals surface area contributed by atoms with E-state index in [-0.39, 0.29) is 0 Å². The smallest absolute Gasteiger partial charge is 0.137 e. The van der Waals surface area contributed by atoms with Gasteiger partial charge in [0.1, 0.15) is 24.0 Å². The molecule has 1 aliphatic rings. The Kier molecular flexibility index (Phi) is 7.54. The second-order valence-electron chi connectivity index (χ2n) is 13.8. The molecule has 0 aliphatic carbocycles. The predicted octanol–water partition coefficient (Wildman–Crippen LogP) is 12.2. The first-order valence-electron chi connectivity index (χ1n) is 18.2. The van der Waals surface area contributed by atoms with E-state index >= 15 is 0 Å². The van der Waals surface area contributed by atoms with Crippen LogP contribution in [0, 0.1) is 13.8 Å². The van der Waals surface area contributed by atoms with E-state index in [4.69, 9.17) is 13.8 Å². The van der Waals surface area contributed by atoms with Gasteiger partial charge in [0, 0.05) is 45.0 Å². The number of aromatic nitrogens is 2. The van der Waals surface area contributed by atoms with Crippen LogP contribution in [-0.2, 0) is 0 Å². The number of hydrogen-bond donors (Lipinski definition) is 0. The highest BCUT2D eigenvalue weighted by molar-refractivity contribution is 6.12. The van der Waals surface area contributed by atoms with Crippen LogP contribution in [0.4, 0.5) is 22.7 Å². The van der Waals surface area contributed by atoms with Gasteiger partial charge in [-0.1, -0.05) is 78.9 Å². The fourth-order valence-electron chi connectivity index (χ4n) is 8.01. The van der Waals surface area contributed by atoms with Gasteiger partial charge in [-0.2, -0.15) is 0 Å². The van der Waals surface area contributed by atoms with Gasteiger partial charge in [-0.05, 0) is 103 Å². The van der Waals surface area contributed by atoms with Gasteiger partial charge in [0.15, 0.2) is 0 Å². The van der Waals surface area contributed by atoms with Crippen molar-refractivity contribution in [1.29, 1.82) is 0 Å². The first-order valence-corrected chi connectivity index (χ1v) is 18.2. The molecule has 0 spiro atoms. The third kappa shape index (κ3) is 5.30. The van der Waals surface area contributed by atoms with Crippen molar-refractivity contribution in [2.24, 2.45) is 0 Å². The zero-order valence-corrected chi connectivity index (χ0v) is 30.0. The van der Waals surface area contributed by atoms with Crippen molar-refractivity contribution in [1.82, 2.24) is 9.55 Å². The highest BCUT2D eigenvalue weighted by Gasteiger charge is 2.29. The Labute approximate surface area is 313 Å². The summed E-state index contributed by atoms with van der Waals surface area (Å²) in [4.78, 5) is 9.58. The lowest BCUT2D eigenvalue weighted by Crippen LogP contribution is -2.23. The van der Waals surface area contributed by atoms with Gasteiger partial charge >= 0.3 is 0 Å². The van der Waals surface area contributed by atoms with E-state index in [0.717, 1.165) is 73.1 Å². The Morgan fingerprint density at radius 2 is 1.11 bits per heavy atom. The number of pyridine rings is 1. The van der Waals surface area contributed by atoms with Gasteiger partial charge in [0.25, 0.3) is 0 Å². The number of nitrogens with zero attached hydrogens (tertiary/aromatic N) is 4. The average molecular weight is 701 g/mol. The molecular formula is C48H36N4O2. The molecule has 9 aromatic rings. The van der Waals surface area contributed by atoms with E-state index in [1.165, 1.54) is 22.1 Å². The first-order chi connectivity index (χ1) is 26.6. The Morgan fingerprint density at radius 1 is 0.500 bits per heavy atom. The number of para-hydroxylation sites is 4. The molecule has 6 heteroatoms. The molecule has 6 nitrogen and oxygen atoms in total. The molecule has 5 aromatic carbocycles. The lowest BCUT2D eigenvalue weighted by molar-refractivity contribution is 0.533. The lowest BCUT2D eigenvalue weighted by Gasteiger charge is -2.23. The fraction of sp³-hybridized carbons (Fsp3) is 0.0625. The quantitative estimate of drug-likeness (QED) is 0.166. The largest absolute Gasteiger partial charge is 0.469 e. The number of fused-ring (bicyclic) bond motifs is 4. The molecule has 0 unspecified atom stereocenters. The summed E-state index contributed by atoms with van der Waals surface area (Å²) in [6.45, 7) is 4.67. The van der Waals surface area contributed by atoms with Gasteiger partial charge < -0.3 is 18.6 Å². The topological polar surface area (TPSA) is 50.6 Å². The maximum atomic E-state index is 5.99. The average Bonchev–Trinajstić information content (AvgIpc) is 4.02. The van der Waals surface area contributed by atoms with Crippen molar-refractivity contribution in [3.63, 3.8) is 0 Å². The van der Waals surface area contributed by atoms with Crippen LogP contribution in [0.2, 0.25) is 0 Å². The molecule has 0 saturated heterocycles. The van der Waals surface area contributed by atoms with Crippen LogP contribution in [-0.4, -0.2) is 16.2 Å². The number of aryl methyl sites for hydroxylation is 2. The molecule has 0 radical (unpaired) electrons.